The van der Waals surface area contributed by atoms with Crippen molar-refractivity contribution in [3.05, 3.63) is 30.1 Å². The summed E-state index contributed by atoms with van der Waals surface area (Å²) in [4.78, 5) is 31.9. The van der Waals surface area contributed by atoms with Crippen LogP contribution < -0.4 is 10.6 Å². The van der Waals surface area contributed by atoms with Gasteiger partial charge in [0.1, 0.15) is 12.4 Å². The van der Waals surface area contributed by atoms with Crippen LogP contribution in [0.5, 0.6) is 0 Å². The number of guanidine groups is 1. The summed E-state index contributed by atoms with van der Waals surface area (Å²) in [5.41, 5.74) is 0.375. The van der Waals surface area contributed by atoms with Crippen molar-refractivity contribution in [3.63, 3.8) is 0 Å². The second-order valence-corrected chi connectivity index (χ2v) is 5.65. The fourth-order valence-corrected chi connectivity index (χ4v) is 2.34. The number of carbonyl (C=O) groups is 2. The van der Waals surface area contributed by atoms with E-state index in [0.717, 1.165) is 0 Å². The van der Waals surface area contributed by atoms with Crippen LogP contribution in [0.4, 0.5) is 10.1 Å². The molecule has 0 aromatic heterocycles. The zero-order valence-electron chi connectivity index (χ0n) is 16.3. The van der Waals surface area contributed by atoms with E-state index in [9.17, 15) is 14.0 Å². The average Bonchev–Trinajstić information content (AvgIpc) is 2.59. The Morgan fingerprint density at radius 1 is 1.19 bits per heavy atom. The van der Waals surface area contributed by atoms with Crippen molar-refractivity contribution in [1.29, 1.82) is 0 Å². The van der Waals surface area contributed by atoms with E-state index in [2.05, 4.69) is 15.6 Å². The van der Waals surface area contributed by atoms with E-state index in [0.29, 0.717) is 31.3 Å². The van der Waals surface area contributed by atoms with Crippen LogP contribution in [-0.2, 0) is 9.59 Å². The lowest BCUT2D eigenvalue weighted by atomic mass is 10.3. The molecule has 0 saturated heterocycles. The first-order valence-electron chi connectivity index (χ1n) is 8.73. The third kappa shape index (κ3) is 9.03. The van der Waals surface area contributed by atoms with E-state index in [4.69, 9.17) is 0 Å². The predicted molar refractivity (Wildman–Crippen MR) is 117 cm³/mol. The molecule has 0 aliphatic carbocycles. The fourth-order valence-electron chi connectivity index (χ4n) is 2.34. The largest absolute Gasteiger partial charge is 0.356 e. The lowest BCUT2D eigenvalue weighted by Gasteiger charge is -2.25. The number of rotatable bonds is 8. The molecule has 2 amide bonds. The molecule has 7 nitrogen and oxygen atoms in total. The SMILES string of the molecule is CCNC(=NCC(=O)Nc1cccc(F)c1)N(C)CC(=O)N(CC)CC.I. The molecule has 1 rings (SSSR count). The van der Waals surface area contributed by atoms with Crippen LogP contribution in [0, 0.1) is 5.82 Å². The monoisotopic (exact) mass is 493 g/mol. The summed E-state index contributed by atoms with van der Waals surface area (Å²) in [6.45, 7) is 7.69. The molecule has 0 atom stereocenters. The van der Waals surface area contributed by atoms with Gasteiger partial charge in [0.25, 0.3) is 0 Å². The fraction of sp³-hybridized carbons (Fsp3) is 0.500. The zero-order valence-corrected chi connectivity index (χ0v) is 18.6. The molecule has 2 N–H and O–H groups in total. The van der Waals surface area contributed by atoms with E-state index in [1.165, 1.54) is 18.2 Å². The number of amides is 2. The van der Waals surface area contributed by atoms with Gasteiger partial charge in [0.05, 0.1) is 6.54 Å². The summed E-state index contributed by atoms with van der Waals surface area (Å²) in [5.74, 6) is -0.335. The summed E-state index contributed by atoms with van der Waals surface area (Å²) in [7, 11) is 1.74. The number of hydrogen-bond acceptors (Lipinski definition) is 3. The molecular weight excluding hydrogens is 464 g/mol. The maximum atomic E-state index is 13.2. The molecule has 0 heterocycles. The van der Waals surface area contributed by atoms with Crippen LogP contribution in [0.2, 0.25) is 0 Å². The summed E-state index contributed by atoms with van der Waals surface area (Å²) < 4.78 is 13.2. The van der Waals surface area contributed by atoms with Gasteiger partial charge in [-0.05, 0) is 39.0 Å². The Bertz CT molecular complexity index is 638. The first-order chi connectivity index (χ1) is 12.4. The molecule has 1 aromatic carbocycles. The van der Waals surface area contributed by atoms with Crippen LogP contribution in [0.25, 0.3) is 0 Å². The van der Waals surface area contributed by atoms with Crippen LogP contribution in [-0.4, -0.2) is 67.3 Å². The number of nitrogens with zero attached hydrogens (tertiary/aromatic N) is 3. The van der Waals surface area contributed by atoms with Gasteiger partial charge < -0.3 is 20.4 Å². The third-order valence-electron chi connectivity index (χ3n) is 3.67. The number of halogens is 2. The number of hydrogen-bond donors (Lipinski definition) is 2. The first-order valence-corrected chi connectivity index (χ1v) is 8.73. The van der Waals surface area contributed by atoms with Crippen LogP contribution in [0.3, 0.4) is 0 Å². The van der Waals surface area contributed by atoms with E-state index < -0.39 is 5.82 Å². The molecule has 9 heteroatoms. The van der Waals surface area contributed by atoms with Gasteiger partial charge in [-0.25, -0.2) is 9.38 Å². The summed E-state index contributed by atoms with van der Waals surface area (Å²) in [6, 6.07) is 5.66. The summed E-state index contributed by atoms with van der Waals surface area (Å²) >= 11 is 0. The van der Waals surface area contributed by atoms with Gasteiger partial charge in [-0.3, -0.25) is 9.59 Å². The third-order valence-corrected chi connectivity index (χ3v) is 3.67. The number of carbonyl (C=O) groups excluding carboxylic acids is 2. The number of nitrogens with one attached hydrogen (secondary N) is 2. The van der Waals surface area contributed by atoms with Crippen molar-refractivity contribution in [1.82, 2.24) is 15.1 Å². The Morgan fingerprint density at radius 2 is 1.85 bits per heavy atom. The van der Waals surface area contributed by atoms with Crippen molar-refractivity contribution in [3.8, 4) is 0 Å². The quantitative estimate of drug-likeness (QED) is 0.331. The molecule has 0 saturated carbocycles. The molecule has 0 aliphatic heterocycles. The maximum Gasteiger partial charge on any atom is 0.246 e. The van der Waals surface area contributed by atoms with Crippen molar-refractivity contribution in [2.45, 2.75) is 20.8 Å². The molecule has 0 bridgehead atoms. The molecule has 27 heavy (non-hydrogen) atoms. The van der Waals surface area contributed by atoms with Crippen LogP contribution in [0.1, 0.15) is 20.8 Å². The van der Waals surface area contributed by atoms with Crippen molar-refractivity contribution in [2.75, 3.05) is 45.1 Å². The molecule has 0 fully saturated rings. The van der Waals surface area contributed by atoms with Gasteiger partial charge in [0.15, 0.2) is 5.96 Å². The standard InChI is InChI=1S/C18H28FN5O2.HI/c1-5-20-18(23(4)13-17(26)24(6-2)7-3)21-12-16(25)22-15-10-8-9-14(19)11-15;/h8-11H,5-7,12-13H2,1-4H3,(H,20,21)(H,22,25);1H. The van der Waals surface area contributed by atoms with Crippen molar-refractivity contribution in [2.24, 2.45) is 4.99 Å². The molecule has 0 unspecified atom stereocenters. The van der Waals surface area contributed by atoms with Crippen molar-refractivity contribution < 1.29 is 14.0 Å². The summed E-state index contributed by atoms with van der Waals surface area (Å²) in [5, 5.41) is 5.65. The Labute approximate surface area is 177 Å². The minimum absolute atomic E-state index is 0. The minimum atomic E-state index is -0.422. The maximum absolute atomic E-state index is 13.2. The molecule has 152 valence electrons. The highest BCUT2D eigenvalue weighted by Gasteiger charge is 2.15. The highest BCUT2D eigenvalue weighted by atomic mass is 127. The summed E-state index contributed by atoms with van der Waals surface area (Å²) in [6.07, 6.45) is 0. The Kier molecular flexibility index (Phi) is 12.3. The van der Waals surface area contributed by atoms with Crippen LogP contribution in [0.15, 0.2) is 29.3 Å². The van der Waals surface area contributed by atoms with Crippen molar-refractivity contribution >= 4 is 47.4 Å². The molecule has 0 spiro atoms. The highest BCUT2D eigenvalue weighted by Crippen LogP contribution is 2.08. The Morgan fingerprint density at radius 3 is 2.41 bits per heavy atom. The van der Waals surface area contributed by atoms with E-state index in [-0.39, 0.29) is 48.9 Å². The van der Waals surface area contributed by atoms with Gasteiger partial charge in [-0.2, -0.15) is 0 Å². The number of aliphatic imine (C=N–C) groups is 1. The first kappa shape index (κ1) is 25.1. The lowest BCUT2D eigenvalue weighted by molar-refractivity contribution is -0.131. The topological polar surface area (TPSA) is 77.0 Å². The van der Waals surface area contributed by atoms with Gasteiger partial charge in [0.2, 0.25) is 11.8 Å². The zero-order chi connectivity index (χ0) is 19.5. The van der Waals surface area contributed by atoms with Gasteiger partial charge in [-0.1, -0.05) is 6.07 Å². The predicted octanol–water partition coefficient (Wildman–Crippen LogP) is 2.15. The Hall–Kier alpha value is -1.91. The molecule has 1 aromatic rings. The van der Waals surface area contributed by atoms with Crippen LogP contribution >= 0.6 is 24.0 Å². The average molecular weight is 493 g/mol. The van der Waals surface area contributed by atoms with E-state index >= 15 is 0 Å². The Balaban J connectivity index is 0.00000676. The molecular formula is C18H29FIN5O2. The number of benzene rings is 1. The molecule has 0 aliphatic rings. The van der Waals surface area contributed by atoms with Gasteiger partial charge in [0, 0.05) is 32.4 Å². The second kappa shape index (κ2) is 13.3. The van der Waals surface area contributed by atoms with Gasteiger partial charge in [-0.15, -0.1) is 24.0 Å². The van der Waals surface area contributed by atoms with E-state index in [1.54, 1.807) is 22.9 Å². The number of anilines is 1. The number of likely N-dealkylation sites (N-methyl/N-ethyl adjacent to an activating group) is 2. The van der Waals surface area contributed by atoms with E-state index in [1.807, 2.05) is 20.8 Å². The second-order valence-electron chi connectivity index (χ2n) is 5.65. The molecule has 0 radical (unpaired) electrons. The smallest absolute Gasteiger partial charge is 0.246 e. The normalized spacial score (nSPS) is 10.6. The highest BCUT2D eigenvalue weighted by molar-refractivity contribution is 14.0. The minimum Gasteiger partial charge on any atom is -0.356 e. The van der Waals surface area contributed by atoms with Gasteiger partial charge >= 0.3 is 0 Å². The lowest BCUT2D eigenvalue weighted by Crippen LogP contribution is -2.46.